The highest BCUT2D eigenvalue weighted by molar-refractivity contribution is 9.10. The first kappa shape index (κ1) is 16.6. The number of nitrogens with zero attached hydrogens (tertiary/aromatic N) is 2. The third-order valence-corrected chi connectivity index (χ3v) is 5.17. The Balaban J connectivity index is 1.72. The molecule has 8 heteroatoms. The van der Waals surface area contributed by atoms with Crippen LogP contribution in [0.25, 0.3) is 0 Å². The van der Waals surface area contributed by atoms with E-state index in [0.29, 0.717) is 10.7 Å². The maximum Gasteiger partial charge on any atom is 0.279 e. The van der Waals surface area contributed by atoms with Crippen LogP contribution < -0.4 is 4.90 Å². The number of imide groups is 1. The minimum Gasteiger partial charge on any atom is -0.381 e. The molecule has 2 unspecified atom stereocenters. The molecule has 126 valence electrons. The first-order chi connectivity index (χ1) is 12.0. The number of hydrogen-bond donors (Lipinski definition) is 0. The van der Waals surface area contributed by atoms with Crippen molar-refractivity contribution in [1.82, 2.24) is 0 Å². The fraction of sp³-hybridized carbons (Fsp3) is 0.118. The lowest BCUT2D eigenvalue weighted by atomic mass is 9.94. The van der Waals surface area contributed by atoms with Crippen molar-refractivity contribution in [2.24, 2.45) is 11.1 Å². The predicted octanol–water partition coefficient (Wildman–Crippen LogP) is 4.05. The third kappa shape index (κ3) is 2.65. The van der Waals surface area contributed by atoms with Gasteiger partial charge in [0.05, 0.1) is 10.7 Å². The van der Waals surface area contributed by atoms with Gasteiger partial charge in [0.15, 0.2) is 0 Å². The zero-order chi connectivity index (χ0) is 17.7. The SMILES string of the molecule is O=C1C2ON=C(c3ccc(Br)cc3)C2C(=O)N1c1ccc(Cl)cc1Cl. The van der Waals surface area contributed by atoms with Gasteiger partial charge in [-0.1, -0.05) is 56.4 Å². The molecule has 1 fully saturated rings. The molecule has 0 saturated carbocycles. The monoisotopic (exact) mass is 438 g/mol. The van der Waals surface area contributed by atoms with E-state index in [2.05, 4.69) is 21.1 Å². The Bertz CT molecular complexity index is 930. The number of carbonyl (C=O) groups is 2. The number of hydrogen-bond acceptors (Lipinski definition) is 4. The number of rotatable bonds is 2. The van der Waals surface area contributed by atoms with E-state index in [1.165, 1.54) is 12.1 Å². The van der Waals surface area contributed by atoms with Gasteiger partial charge < -0.3 is 4.84 Å². The second-order valence-electron chi connectivity index (χ2n) is 5.59. The highest BCUT2D eigenvalue weighted by Gasteiger charge is 2.56. The Kier molecular flexibility index (Phi) is 4.06. The quantitative estimate of drug-likeness (QED) is 0.663. The van der Waals surface area contributed by atoms with Crippen molar-refractivity contribution in [3.8, 4) is 0 Å². The van der Waals surface area contributed by atoms with Crippen molar-refractivity contribution in [3.05, 3.63) is 62.5 Å². The first-order valence-corrected chi connectivity index (χ1v) is 8.85. The lowest BCUT2D eigenvalue weighted by molar-refractivity contribution is -0.126. The summed E-state index contributed by atoms with van der Waals surface area (Å²) in [5, 5.41) is 4.60. The third-order valence-electron chi connectivity index (χ3n) is 4.10. The Morgan fingerprint density at radius 1 is 1.04 bits per heavy atom. The zero-order valence-electron chi connectivity index (χ0n) is 12.4. The van der Waals surface area contributed by atoms with E-state index in [1.54, 1.807) is 6.07 Å². The van der Waals surface area contributed by atoms with E-state index in [1.807, 2.05) is 24.3 Å². The maximum absolute atomic E-state index is 12.9. The minimum absolute atomic E-state index is 0.219. The molecule has 2 atom stereocenters. The lowest BCUT2D eigenvalue weighted by Crippen LogP contribution is -2.33. The van der Waals surface area contributed by atoms with Gasteiger partial charge in [-0.2, -0.15) is 0 Å². The van der Waals surface area contributed by atoms with Crippen molar-refractivity contribution < 1.29 is 14.4 Å². The minimum atomic E-state index is -0.974. The van der Waals surface area contributed by atoms with Crippen molar-refractivity contribution in [2.75, 3.05) is 4.90 Å². The van der Waals surface area contributed by atoms with Gasteiger partial charge in [0.25, 0.3) is 5.91 Å². The summed E-state index contributed by atoms with van der Waals surface area (Å²) in [6, 6.07) is 11.9. The van der Waals surface area contributed by atoms with Crippen LogP contribution in [-0.4, -0.2) is 23.6 Å². The number of amides is 2. The summed E-state index contributed by atoms with van der Waals surface area (Å²) in [4.78, 5) is 31.9. The summed E-state index contributed by atoms with van der Waals surface area (Å²) >= 11 is 15.4. The van der Waals surface area contributed by atoms with E-state index in [4.69, 9.17) is 28.0 Å². The summed E-state index contributed by atoms with van der Waals surface area (Å²) in [6.45, 7) is 0. The van der Waals surface area contributed by atoms with Gasteiger partial charge in [-0.05, 0) is 30.3 Å². The van der Waals surface area contributed by atoms with Crippen LogP contribution in [0.5, 0.6) is 0 Å². The van der Waals surface area contributed by atoms with Crippen LogP contribution >= 0.6 is 39.1 Å². The Hall–Kier alpha value is -1.89. The molecule has 2 aliphatic heterocycles. The fourth-order valence-corrected chi connectivity index (χ4v) is 3.69. The Morgan fingerprint density at radius 2 is 1.76 bits per heavy atom. The van der Waals surface area contributed by atoms with E-state index in [9.17, 15) is 9.59 Å². The number of benzene rings is 2. The molecule has 0 N–H and O–H groups in total. The summed E-state index contributed by atoms with van der Waals surface area (Å²) in [5.41, 5.74) is 1.44. The normalized spacial score (nSPS) is 22.0. The topological polar surface area (TPSA) is 59.0 Å². The molecule has 0 spiro atoms. The number of halogens is 3. The second kappa shape index (κ2) is 6.12. The molecular formula is C17H9BrCl2N2O3. The van der Waals surface area contributed by atoms with Gasteiger partial charge in [0.1, 0.15) is 11.6 Å². The van der Waals surface area contributed by atoms with Gasteiger partial charge in [-0.25, -0.2) is 4.90 Å². The summed E-state index contributed by atoms with van der Waals surface area (Å²) < 4.78 is 0.899. The molecule has 0 aromatic heterocycles. The van der Waals surface area contributed by atoms with Crippen LogP contribution in [0.4, 0.5) is 5.69 Å². The molecule has 2 aromatic rings. The average Bonchev–Trinajstić information content (AvgIpc) is 3.11. The number of carbonyl (C=O) groups excluding carboxylic acids is 2. The van der Waals surface area contributed by atoms with Crippen LogP contribution in [0.1, 0.15) is 5.56 Å². The Morgan fingerprint density at radius 3 is 2.44 bits per heavy atom. The van der Waals surface area contributed by atoms with E-state index in [-0.39, 0.29) is 10.7 Å². The molecule has 2 aromatic carbocycles. The summed E-state index contributed by atoms with van der Waals surface area (Å²) in [6.07, 6.45) is -0.974. The van der Waals surface area contributed by atoms with Crippen molar-refractivity contribution in [2.45, 2.75) is 6.10 Å². The molecule has 2 heterocycles. The molecular weight excluding hydrogens is 431 g/mol. The molecule has 2 aliphatic rings. The zero-order valence-corrected chi connectivity index (χ0v) is 15.5. The first-order valence-electron chi connectivity index (χ1n) is 7.30. The smallest absolute Gasteiger partial charge is 0.279 e. The van der Waals surface area contributed by atoms with Crippen molar-refractivity contribution in [1.29, 1.82) is 0 Å². The average molecular weight is 440 g/mol. The number of fused-ring (bicyclic) bond motifs is 1. The van der Waals surface area contributed by atoms with E-state index < -0.39 is 23.8 Å². The van der Waals surface area contributed by atoms with Gasteiger partial charge in [-0.15, -0.1) is 0 Å². The molecule has 25 heavy (non-hydrogen) atoms. The highest BCUT2D eigenvalue weighted by Crippen LogP contribution is 2.38. The molecule has 5 nitrogen and oxygen atoms in total. The molecule has 0 bridgehead atoms. The second-order valence-corrected chi connectivity index (χ2v) is 7.35. The van der Waals surface area contributed by atoms with Crippen LogP contribution in [0, 0.1) is 5.92 Å². The predicted molar refractivity (Wildman–Crippen MR) is 98.0 cm³/mol. The van der Waals surface area contributed by atoms with Gasteiger partial charge >= 0.3 is 0 Å². The van der Waals surface area contributed by atoms with Gasteiger partial charge in [-0.3, -0.25) is 9.59 Å². The number of oxime groups is 1. The van der Waals surface area contributed by atoms with Crippen LogP contribution in [0.15, 0.2) is 52.1 Å². The van der Waals surface area contributed by atoms with E-state index >= 15 is 0 Å². The Labute approximate surface area is 161 Å². The van der Waals surface area contributed by atoms with E-state index in [0.717, 1.165) is 14.9 Å². The van der Waals surface area contributed by atoms with Crippen LogP contribution in [0.3, 0.4) is 0 Å². The van der Waals surface area contributed by atoms with Gasteiger partial charge in [0, 0.05) is 15.1 Å². The van der Waals surface area contributed by atoms with Crippen molar-refractivity contribution >= 4 is 62.3 Å². The molecule has 2 amide bonds. The largest absolute Gasteiger partial charge is 0.381 e. The fourth-order valence-electron chi connectivity index (χ4n) is 2.94. The summed E-state index contributed by atoms with van der Waals surface area (Å²) in [7, 11) is 0. The number of anilines is 1. The molecule has 1 saturated heterocycles. The van der Waals surface area contributed by atoms with Gasteiger partial charge in [0.2, 0.25) is 12.0 Å². The molecule has 0 radical (unpaired) electrons. The summed E-state index contributed by atoms with van der Waals surface area (Å²) in [5.74, 6) is -1.70. The maximum atomic E-state index is 12.9. The standard InChI is InChI=1S/C17H9BrCl2N2O3/c18-9-3-1-8(2-4-9)14-13-15(25-21-14)17(24)22(16(13)23)12-6-5-10(19)7-11(12)20/h1-7,13,15H. The van der Waals surface area contributed by atoms with Crippen LogP contribution in [0.2, 0.25) is 10.0 Å². The lowest BCUT2D eigenvalue weighted by Gasteiger charge is -2.17. The van der Waals surface area contributed by atoms with Crippen molar-refractivity contribution in [3.63, 3.8) is 0 Å². The molecule has 4 rings (SSSR count). The molecule has 0 aliphatic carbocycles. The highest BCUT2D eigenvalue weighted by atomic mass is 79.9. The van der Waals surface area contributed by atoms with Crippen LogP contribution in [-0.2, 0) is 14.4 Å².